The highest BCUT2D eigenvalue weighted by molar-refractivity contribution is 5.76. The lowest BCUT2D eigenvalue weighted by Gasteiger charge is -2.51. The summed E-state index contributed by atoms with van der Waals surface area (Å²) in [7, 11) is 1.63. The molecule has 6 nitrogen and oxygen atoms in total. The number of piperidine rings is 1. The van der Waals surface area contributed by atoms with E-state index in [9.17, 15) is 9.90 Å². The lowest BCUT2D eigenvalue weighted by atomic mass is 9.75. The molecule has 2 aliphatic heterocycles. The van der Waals surface area contributed by atoms with Crippen molar-refractivity contribution in [2.45, 2.75) is 56.3 Å². The molecular formula is C23H34N2O4. The first kappa shape index (κ1) is 21.8. The van der Waals surface area contributed by atoms with Crippen LogP contribution in [0.5, 0.6) is 5.75 Å². The Morgan fingerprint density at radius 2 is 2.14 bits per heavy atom. The van der Waals surface area contributed by atoms with Gasteiger partial charge in [0.25, 0.3) is 0 Å². The number of hydrogen-bond donors (Lipinski definition) is 2. The number of nitrogens with zero attached hydrogens (tertiary/aromatic N) is 1. The summed E-state index contributed by atoms with van der Waals surface area (Å²) in [6, 6.07) is 7.32. The number of aliphatic hydroxyl groups is 1. The zero-order valence-electron chi connectivity index (χ0n) is 17.7. The van der Waals surface area contributed by atoms with E-state index in [4.69, 9.17) is 9.47 Å². The Labute approximate surface area is 173 Å². The molecule has 2 fully saturated rings. The lowest BCUT2D eigenvalue weighted by Crippen LogP contribution is -2.63. The van der Waals surface area contributed by atoms with Gasteiger partial charge in [0.15, 0.2) is 0 Å². The van der Waals surface area contributed by atoms with Crippen LogP contribution in [0, 0.1) is 0 Å². The fourth-order valence-electron chi connectivity index (χ4n) is 4.53. The molecule has 2 aliphatic rings. The standard InChI is InChI=1S/C23H34N2O4/c1-4-13-25-14-11-23(12-15-25)17-22(2,27)20(16-29-23)24-21(26)10-9-18-7-5-6-8-19(18)28-3/h4-8,20,27H,1,9-17H2,2-3H3,(H,24,26)/t20-,22-/m0/s1. The summed E-state index contributed by atoms with van der Waals surface area (Å²) in [5, 5.41) is 14.1. The van der Waals surface area contributed by atoms with E-state index in [2.05, 4.69) is 16.8 Å². The molecule has 2 heterocycles. The predicted molar refractivity (Wildman–Crippen MR) is 113 cm³/mol. The molecule has 3 rings (SSSR count). The van der Waals surface area contributed by atoms with Crippen molar-refractivity contribution >= 4 is 5.91 Å². The van der Waals surface area contributed by atoms with Gasteiger partial charge in [0, 0.05) is 32.5 Å². The van der Waals surface area contributed by atoms with Crippen LogP contribution < -0.4 is 10.1 Å². The van der Waals surface area contributed by atoms with Gasteiger partial charge in [0.05, 0.1) is 31.0 Å². The van der Waals surface area contributed by atoms with Crippen LogP contribution in [0.1, 0.15) is 38.2 Å². The fourth-order valence-corrected chi connectivity index (χ4v) is 4.53. The number of carbonyl (C=O) groups is 1. The first-order valence-electron chi connectivity index (χ1n) is 10.5. The average molecular weight is 403 g/mol. The highest BCUT2D eigenvalue weighted by Gasteiger charge is 2.49. The molecule has 6 heteroatoms. The van der Waals surface area contributed by atoms with Gasteiger partial charge >= 0.3 is 0 Å². The topological polar surface area (TPSA) is 71.0 Å². The Morgan fingerprint density at radius 3 is 2.79 bits per heavy atom. The number of rotatable bonds is 7. The normalized spacial score (nSPS) is 26.8. The fraction of sp³-hybridized carbons (Fsp3) is 0.609. The second-order valence-corrected chi connectivity index (χ2v) is 8.55. The van der Waals surface area contributed by atoms with Gasteiger partial charge in [0.2, 0.25) is 5.91 Å². The van der Waals surface area contributed by atoms with Gasteiger partial charge in [-0.2, -0.15) is 0 Å². The number of benzene rings is 1. The molecule has 1 spiro atoms. The van der Waals surface area contributed by atoms with Gasteiger partial charge in [0.1, 0.15) is 5.75 Å². The minimum atomic E-state index is -0.987. The Hall–Kier alpha value is -1.89. The molecular weight excluding hydrogens is 368 g/mol. The van der Waals surface area contributed by atoms with Crippen molar-refractivity contribution in [3.8, 4) is 5.75 Å². The lowest BCUT2D eigenvalue weighted by molar-refractivity contribution is -0.188. The molecule has 0 bridgehead atoms. The Bertz CT molecular complexity index is 711. The molecule has 2 atom stereocenters. The molecule has 0 unspecified atom stereocenters. The number of carbonyl (C=O) groups excluding carboxylic acids is 1. The van der Waals surface area contributed by atoms with E-state index in [1.54, 1.807) is 7.11 Å². The quantitative estimate of drug-likeness (QED) is 0.685. The molecule has 0 saturated carbocycles. The molecule has 2 saturated heterocycles. The summed E-state index contributed by atoms with van der Waals surface area (Å²) >= 11 is 0. The first-order chi connectivity index (χ1) is 13.9. The molecule has 0 aliphatic carbocycles. The number of amides is 1. The molecule has 0 radical (unpaired) electrons. The van der Waals surface area contributed by atoms with Crippen molar-refractivity contribution in [2.24, 2.45) is 0 Å². The number of ether oxygens (including phenoxy) is 2. The number of likely N-dealkylation sites (tertiary alicyclic amines) is 1. The van der Waals surface area contributed by atoms with Gasteiger partial charge in [-0.05, 0) is 37.8 Å². The maximum atomic E-state index is 12.5. The number of hydrogen-bond acceptors (Lipinski definition) is 5. The number of para-hydroxylation sites is 1. The van der Waals surface area contributed by atoms with Gasteiger partial charge in [-0.15, -0.1) is 6.58 Å². The SMILES string of the molecule is C=CCN1CCC2(CC1)C[C@](C)(O)[C@@H](NC(=O)CCc1ccccc1OC)CO2. The third-order valence-electron chi connectivity index (χ3n) is 6.29. The maximum Gasteiger partial charge on any atom is 0.220 e. The van der Waals surface area contributed by atoms with Crippen molar-refractivity contribution in [1.82, 2.24) is 10.2 Å². The zero-order valence-corrected chi connectivity index (χ0v) is 17.7. The van der Waals surface area contributed by atoms with Crippen LogP contribution in [-0.2, 0) is 16.0 Å². The summed E-state index contributed by atoms with van der Waals surface area (Å²) in [4.78, 5) is 14.9. The smallest absolute Gasteiger partial charge is 0.220 e. The highest BCUT2D eigenvalue weighted by Crippen LogP contribution is 2.39. The van der Waals surface area contributed by atoms with Crippen LogP contribution in [-0.4, -0.2) is 66.5 Å². The minimum Gasteiger partial charge on any atom is -0.496 e. The van der Waals surface area contributed by atoms with E-state index in [1.165, 1.54) is 0 Å². The Kier molecular flexibility index (Phi) is 6.98. The van der Waals surface area contributed by atoms with Gasteiger partial charge < -0.3 is 19.9 Å². The molecule has 1 aromatic carbocycles. The van der Waals surface area contributed by atoms with Crippen molar-refractivity contribution in [3.05, 3.63) is 42.5 Å². The largest absolute Gasteiger partial charge is 0.496 e. The van der Waals surface area contributed by atoms with E-state index in [1.807, 2.05) is 37.3 Å². The van der Waals surface area contributed by atoms with Crippen molar-refractivity contribution in [1.29, 1.82) is 0 Å². The number of nitrogens with one attached hydrogen (secondary N) is 1. The van der Waals surface area contributed by atoms with Crippen LogP contribution in [0.3, 0.4) is 0 Å². The second kappa shape index (κ2) is 9.28. The molecule has 0 aromatic heterocycles. The summed E-state index contributed by atoms with van der Waals surface area (Å²) in [5.74, 6) is 0.708. The minimum absolute atomic E-state index is 0.0819. The van der Waals surface area contributed by atoms with Crippen LogP contribution in [0.4, 0.5) is 0 Å². The first-order valence-corrected chi connectivity index (χ1v) is 10.5. The maximum absolute atomic E-state index is 12.5. The van der Waals surface area contributed by atoms with Gasteiger partial charge in [-0.3, -0.25) is 9.69 Å². The third kappa shape index (κ3) is 5.38. The van der Waals surface area contributed by atoms with E-state index in [0.29, 0.717) is 25.9 Å². The number of methoxy groups -OCH3 is 1. The summed E-state index contributed by atoms with van der Waals surface area (Å²) in [5.41, 5.74) is -0.277. The van der Waals surface area contributed by atoms with Crippen molar-refractivity contribution in [2.75, 3.05) is 33.4 Å². The van der Waals surface area contributed by atoms with E-state index >= 15 is 0 Å². The summed E-state index contributed by atoms with van der Waals surface area (Å²) < 4.78 is 11.6. The Balaban J connectivity index is 1.52. The van der Waals surface area contributed by atoms with Crippen molar-refractivity contribution in [3.63, 3.8) is 0 Å². The molecule has 1 amide bonds. The molecule has 1 aromatic rings. The number of aryl methyl sites for hydroxylation is 1. The van der Waals surface area contributed by atoms with Crippen LogP contribution >= 0.6 is 0 Å². The van der Waals surface area contributed by atoms with E-state index in [-0.39, 0.29) is 11.5 Å². The predicted octanol–water partition coefficient (Wildman–Crippen LogP) is 2.30. The Morgan fingerprint density at radius 1 is 1.41 bits per heavy atom. The highest BCUT2D eigenvalue weighted by atomic mass is 16.5. The van der Waals surface area contributed by atoms with E-state index in [0.717, 1.165) is 43.8 Å². The summed E-state index contributed by atoms with van der Waals surface area (Å²) in [6.07, 6.45) is 5.19. The summed E-state index contributed by atoms with van der Waals surface area (Å²) in [6.45, 7) is 8.73. The monoisotopic (exact) mass is 402 g/mol. The molecule has 2 N–H and O–H groups in total. The second-order valence-electron chi connectivity index (χ2n) is 8.55. The third-order valence-corrected chi connectivity index (χ3v) is 6.29. The zero-order chi connectivity index (χ0) is 20.9. The van der Waals surface area contributed by atoms with Gasteiger partial charge in [-0.25, -0.2) is 0 Å². The molecule has 29 heavy (non-hydrogen) atoms. The van der Waals surface area contributed by atoms with Crippen molar-refractivity contribution < 1.29 is 19.4 Å². The van der Waals surface area contributed by atoms with Crippen LogP contribution in [0.25, 0.3) is 0 Å². The molecule has 160 valence electrons. The van der Waals surface area contributed by atoms with Gasteiger partial charge in [-0.1, -0.05) is 24.3 Å². The van der Waals surface area contributed by atoms with E-state index < -0.39 is 11.6 Å². The van der Waals surface area contributed by atoms with Crippen LogP contribution in [0.15, 0.2) is 36.9 Å². The van der Waals surface area contributed by atoms with Crippen LogP contribution in [0.2, 0.25) is 0 Å². The average Bonchev–Trinajstić information content (AvgIpc) is 2.70.